The first-order chi connectivity index (χ1) is 7.40. The molecule has 0 spiro atoms. The summed E-state index contributed by atoms with van der Waals surface area (Å²) in [5, 5.41) is 4.00. The zero-order valence-electron chi connectivity index (χ0n) is 8.40. The second-order valence-electron chi connectivity index (χ2n) is 2.94. The predicted molar refractivity (Wildman–Crippen MR) is 61.9 cm³/mol. The van der Waals surface area contributed by atoms with Crippen LogP contribution in [0.4, 0.5) is 5.82 Å². The van der Waals surface area contributed by atoms with Crippen LogP contribution in [0.3, 0.4) is 0 Å². The maximum Gasteiger partial charge on any atom is 0.165 e. The van der Waals surface area contributed by atoms with Gasteiger partial charge in [0.15, 0.2) is 5.16 Å². The number of nitrogens with zero attached hydrogens (tertiary/aromatic N) is 2. The highest BCUT2D eigenvalue weighted by atomic mass is 32.2. The molecule has 2 heterocycles. The number of aromatic amines is 1. The average Bonchev–Trinajstić information content (AvgIpc) is 2.79. The smallest absolute Gasteiger partial charge is 0.165 e. The fourth-order valence-electron chi connectivity index (χ4n) is 1.26. The maximum absolute atomic E-state index is 4.24. The van der Waals surface area contributed by atoms with E-state index in [4.69, 9.17) is 0 Å². The second-order valence-corrected chi connectivity index (χ2v) is 3.91. The van der Waals surface area contributed by atoms with Crippen LogP contribution < -0.4 is 5.32 Å². The first-order valence-corrected chi connectivity index (χ1v) is 5.62. The molecule has 0 bridgehead atoms. The van der Waals surface area contributed by atoms with Gasteiger partial charge in [0, 0.05) is 37.0 Å². The van der Waals surface area contributed by atoms with E-state index in [1.807, 2.05) is 19.3 Å². The Morgan fingerprint density at radius 3 is 3.07 bits per heavy atom. The molecule has 5 heteroatoms. The summed E-state index contributed by atoms with van der Waals surface area (Å²) in [7, 11) is 1.88. The Hall–Kier alpha value is -1.49. The predicted octanol–water partition coefficient (Wildman–Crippen LogP) is 2.14. The quantitative estimate of drug-likeness (QED) is 0.775. The van der Waals surface area contributed by atoms with Gasteiger partial charge in [-0.1, -0.05) is 17.8 Å². The van der Waals surface area contributed by atoms with Crippen LogP contribution in [0, 0.1) is 0 Å². The number of hydrogen-bond acceptors (Lipinski definition) is 4. The van der Waals surface area contributed by atoms with E-state index in [1.54, 1.807) is 24.2 Å². The van der Waals surface area contributed by atoms with Gasteiger partial charge in [-0.05, 0) is 6.07 Å². The van der Waals surface area contributed by atoms with Gasteiger partial charge in [0.05, 0.1) is 0 Å². The monoisotopic (exact) mass is 220 g/mol. The standard InChI is InChI=1S/C10H12N4S/c1-11-9-8(3-2-4-12-9)7-15-10-13-5-6-14-10/h2-6H,7H2,1H3,(H,11,12)(H,13,14). The molecule has 0 aliphatic carbocycles. The third-order valence-electron chi connectivity index (χ3n) is 1.97. The molecule has 15 heavy (non-hydrogen) atoms. The van der Waals surface area contributed by atoms with Crippen molar-refractivity contribution in [3.8, 4) is 0 Å². The second kappa shape index (κ2) is 4.84. The summed E-state index contributed by atoms with van der Waals surface area (Å²) in [6.45, 7) is 0. The van der Waals surface area contributed by atoms with Gasteiger partial charge in [-0.3, -0.25) is 0 Å². The number of hydrogen-bond donors (Lipinski definition) is 2. The number of imidazole rings is 1. The number of anilines is 1. The van der Waals surface area contributed by atoms with Crippen molar-refractivity contribution < 1.29 is 0 Å². The molecule has 0 unspecified atom stereocenters. The van der Waals surface area contributed by atoms with E-state index < -0.39 is 0 Å². The molecule has 0 atom stereocenters. The first kappa shape index (κ1) is 10.0. The van der Waals surface area contributed by atoms with Gasteiger partial charge in [0.1, 0.15) is 5.82 Å². The van der Waals surface area contributed by atoms with Crippen LogP contribution in [-0.4, -0.2) is 22.0 Å². The topological polar surface area (TPSA) is 53.6 Å². The van der Waals surface area contributed by atoms with E-state index in [2.05, 4.69) is 26.3 Å². The van der Waals surface area contributed by atoms with Gasteiger partial charge in [-0.2, -0.15) is 0 Å². The van der Waals surface area contributed by atoms with E-state index in [0.29, 0.717) is 0 Å². The first-order valence-electron chi connectivity index (χ1n) is 4.64. The summed E-state index contributed by atoms with van der Waals surface area (Å²) < 4.78 is 0. The zero-order valence-corrected chi connectivity index (χ0v) is 9.21. The number of rotatable bonds is 4. The summed E-state index contributed by atoms with van der Waals surface area (Å²) in [5.41, 5.74) is 1.18. The van der Waals surface area contributed by atoms with E-state index in [-0.39, 0.29) is 0 Å². The largest absolute Gasteiger partial charge is 0.373 e. The van der Waals surface area contributed by atoms with Crippen molar-refractivity contribution in [2.45, 2.75) is 10.9 Å². The summed E-state index contributed by atoms with van der Waals surface area (Å²) in [5.74, 6) is 1.79. The van der Waals surface area contributed by atoms with E-state index in [1.165, 1.54) is 5.56 Å². The minimum Gasteiger partial charge on any atom is -0.373 e. The summed E-state index contributed by atoms with van der Waals surface area (Å²) in [6.07, 6.45) is 5.36. The van der Waals surface area contributed by atoms with Crippen LogP contribution in [0.1, 0.15) is 5.56 Å². The van der Waals surface area contributed by atoms with Crippen LogP contribution in [0.5, 0.6) is 0 Å². The van der Waals surface area contributed by atoms with E-state index in [0.717, 1.165) is 16.7 Å². The molecule has 0 aromatic carbocycles. The van der Waals surface area contributed by atoms with Crippen LogP contribution >= 0.6 is 11.8 Å². The van der Waals surface area contributed by atoms with E-state index in [9.17, 15) is 0 Å². The third kappa shape index (κ3) is 2.50. The Labute approximate surface area is 92.5 Å². The molecule has 0 saturated carbocycles. The van der Waals surface area contributed by atoms with Gasteiger partial charge >= 0.3 is 0 Å². The molecule has 2 aromatic rings. The van der Waals surface area contributed by atoms with Gasteiger partial charge < -0.3 is 10.3 Å². The lowest BCUT2D eigenvalue weighted by molar-refractivity contribution is 1.06. The highest BCUT2D eigenvalue weighted by Gasteiger charge is 2.02. The molecule has 4 nitrogen and oxygen atoms in total. The summed E-state index contributed by atoms with van der Waals surface area (Å²) in [6, 6.07) is 4.01. The molecule has 2 aromatic heterocycles. The lowest BCUT2D eigenvalue weighted by atomic mass is 10.3. The molecule has 0 amide bonds. The van der Waals surface area contributed by atoms with Crippen molar-refractivity contribution in [2.75, 3.05) is 12.4 Å². The average molecular weight is 220 g/mol. The molecule has 0 saturated heterocycles. The number of H-pyrrole nitrogens is 1. The maximum atomic E-state index is 4.24. The van der Waals surface area contributed by atoms with Gasteiger partial charge in [-0.25, -0.2) is 9.97 Å². The Balaban J connectivity index is 2.04. The summed E-state index contributed by atoms with van der Waals surface area (Å²) >= 11 is 1.66. The fourth-order valence-corrected chi connectivity index (χ4v) is 2.07. The molecule has 0 aliphatic rings. The fraction of sp³-hybridized carbons (Fsp3) is 0.200. The van der Waals surface area contributed by atoms with Gasteiger partial charge in [0.25, 0.3) is 0 Å². The molecular formula is C10H12N4S. The Bertz CT molecular complexity index is 413. The zero-order chi connectivity index (χ0) is 10.5. The van der Waals surface area contributed by atoms with Crippen molar-refractivity contribution in [1.82, 2.24) is 15.0 Å². The lowest BCUT2D eigenvalue weighted by Crippen LogP contribution is -1.96. The van der Waals surface area contributed by atoms with Crippen molar-refractivity contribution in [1.29, 1.82) is 0 Å². The van der Waals surface area contributed by atoms with Gasteiger partial charge in [0.2, 0.25) is 0 Å². The highest BCUT2D eigenvalue weighted by Crippen LogP contribution is 2.22. The van der Waals surface area contributed by atoms with Crippen LogP contribution in [-0.2, 0) is 5.75 Å². The van der Waals surface area contributed by atoms with Crippen LogP contribution in [0.15, 0.2) is 35.9 Å². The van der Waals surface area contributed by atoms with Crippen molar-refractivity contribution in [3.05, 3.63) is 36.3 Å². The molecule has 2 N–H and O–H groups in total. The molecule has 2 rings (SSSR count). The number of pyridine rings is 1. The summed E-state index contributed by atoms with van der Waals surface area (Å²) in [4.78, 5) is 11.5. The van der Waals surface area contributed by atoms with Crippen molar-refractivity contribution in [3.63, 3.8) is 0 Å². The molecule has 0 aliphatic heterocycles. The lowest BCUT2D eigenvalue weighted by Gasteiger charge is -2.05. The van der Waals surface area contributed by atoms with Crippen molar-refractivity contribution in [2.24, 2.45) is 0 Å². The minimum absolute atomic E-state index is 0.859. The molecular weight excluding hydrogens is 208 g/mol. The minimum atomic E-state index is 0.859. The van der Waals surface area contributed by atoms with Gasteiger partial charge in [-0.15, -0.1) is 0 Å². The third-order valence-corrected chi connectivity index (χ3v) is 2.92. The molecule has 78 valence electrons. The van der Waals surface area contributed by atoms with Crippen LogP contribution in [0.2, 0.25) is 0 Å². The Morgan fingerprint density at radius 1 is 1.40 bits per heavy atom. The molecule has 0 radical (unpaired) electrons. The Kier molecular flexibility index (Phi) is 3.24. The highest BCUT2D eigenvalue weighted by molar-refractivity contribution is 7.98. The SMILES string of the molecule is CNc1ncccc1CSc1ncc[nH]1. The normalized spacial score (nSPS) is 10.2. The number of thioether (sulfide) groups is 1. The Morgan fingerprint density at radius 2 is 2.33 bits per heavy atom. The number of aromatic nitrogens is 3. The van der Waals surface area contributed by atoms with Crippen LogP contribution in [0.25, 0.3) is 0 Å². The van der Waals surface area contributed by atoms with E-state index >= 15 is 0 Å². The molecule has 0 fully saturated rings. The number of nitrogens with one attached hydrogen (secondary N) is 2. The van der Waals surface area contributed by atoms with Crippen molar-refractivity contribution >= 4 is 17.6 Å².